The highest BCUT2D eigenvalue weighted by atomic mass is 16.5. The van der Waals surface area contributed by atoms with Crippen LogP contribution in [0.5, 0.6) is 11.5 Å². The van der Waals surface area contributed by atoms with Gasteiger partial charge < -0.3 is 19.9 Å². The Morgan fingerprint density at radius 3 is 2.35 bits per heavy atom. The SMILES string of the molecule is COc1ccnc(C(=O)N[C@@H](C)C(=O)O[C@@H](C)[C@H](Cc2ccc(C)cc2)c2ccccc2)c1O. The van der Waals surface area contributed by atoms with E-state index in [0.29, 0.717) is 6.42 Å². The minimum Gasteiger partial charge on any atom is -0.503 e. The van der Waals surface area contributed by atoms with Crippen molar-refractivity contribution < 1.29 is 24.2 Å². The molecule has 0 aliphatic rings. The number of carbonyl (C=O) groups excluding carboxylic acids is 2. The third kappa shape index (κ3) is 6.13. The van der Waals surface area contributed by atoms with Gasteiger partial charge >= 0.3 is 5.97 Å². The second-order valence-electron chi connectivity index (χ2n) is 8.25. The fraction of sp³-hybridized carbons (Fsp3) is 0.296. The molecule has 1 amide bonds. The van der Waals surface area contributed by atoms with Gasteiger partial charge in [-0.3, -0.25) is 4.79 Å². The van der Waals surface area contributed by atoms with E-state index in [-0.39, 0.29) is 17.4 Å². The van der Waals surface area contributed by atoms with Crippen LogP contribution in [0.2, 0.25) is 0 Å². The largest absolute Gasteiger partial charge is 0.503 e. The number of esters is 1. The number of aromatic hydroxyl groups is 1. The van der Waals surface area contributed by atoms with Gasteiger partial charge in [-0.1, -0.05) is 60.2 Å². The molecule has 0 spiro atoms. The first-order valence-corrected chi connectivity index (χ1v) is 11.1. The van der Waals surface area contributed by atoms with Crippen LogP contribution in [0, 0.1) is 6.92 Å². The van der Waals surface area contributed by atoms with Gasteiger partial charge in [0.2, 0.25) is 0 Å². The average molecular weight is 463 g/mol. The number of rotatable bonds is 9. The molecular weight excluding hydrogens is 432 g/mol. The van der Waals surface area contributed by atoms with Crippen LogP contribution >= 0.6 is 0 Å². The maximum absolute atomic E-state index is 12.8. The van der Waals surface area contributed by atoms with E-state index < -0.39 is 29.8 Å². The topological polar surface area (TPSA) is 97.8 Å². The van der Waals surface area contributed by atoms with Crippen molar-refractivity contribution in [2.24, 2.45) is 0 Å². The summed E-state index contributed by atoms with van der Waals surface area (Å²) in [5.74, 6) is -1.62. The highest BCUT2D eigenvalue weighted by molar-refractivity contribution is 5.97. The molecule has 7 heteroatoms. The van der Waals surface area contributed by atoms with Crippen LogP contribution in [0.25, 0.3) is 0 Å². The Balaban J connectivity index is 1.70. The lowest BCUT2D eigenvalue weighted by Crippen LogP contribution is -2.41. The van der Waals surface area contributed by atoms with E-state index >= 15 is 0 Å². The van der Waals surface area contributed by atoms with Gasteiger partial charge in [0.1, 0.15) is 12.1 Å². The summed E-state index contributed by atoms with van der Waals surface area (Å²) >= 11 is 0. The summed E-state index contributed by atoms with van der Waals surface area (Å²) in [4.78, 5) is 29.3. The summed E-state index contributed by atoms with van der Waals surface area (Å²) < 4.78 is 10.8. The Hall–Kier alpha value is -3.87. The monoisotopic (exact) mass is 462 g/mol. The van der Waals surface area contributed by atoms with Gasteiger partial charge in [0.05, 0.1) is 7.11 Å². The molecular formula is C27H30N2O5. The zero-order valence-corrected chi connectivity index (χ0v) is 19.8. The number of ether oxygens (including phenoxy) is 2. The minimum atomic E-state index is -0.946. The van der Waals surface area contributed by atoms with E-state index in [1.807, 2.05) is 44.2 Å². The molecule has 0 radical (unpaired) electrons. The van der Waals surface area contributed by atoms with Crippen LogP contribution < -0.4 is 10.1 Å². The molecule has 0 aliphatic heterocycles. The molecule has 0 fully saturated rings. The smallest absolute Gasteiger partial charge is 0.328 e. The molecule has 0 bridgehead atoms. The first-order chi connectivity index (χ1) is 16.3. The molecule has 0 unspecified atom stereocenters. The molecule has 1 aromatic heterocycles. The van der Waals surface area contributed by atoms with E-state index in [4.69, 9.17) is 9.47 Å². The predicted octanol–water partition coefficient (Wildman–Crippen LogP) is 4.18. The molecule has 2 N–H and O–H groups in total. The Labute approximate surface area is 199 Å². The number of methoxy groups -OCH3 is 1. The minimum absolute atomic E-state index is 0.0696. The Morgan fingerprint density at radius 1 is 1.03 bits per heavy atom. The Kier molecular flexibility index (Phi) is 8.24. The number of hydrogen-bond donors (Lipinski definition) is 2. The fourth-order valence-corrected chi connectivity index (χ4v) is 3.69. The zero-order valence-electron chi connectivity index (χ0n) is 19.8. The van der Waals surface area contributed by atoms with Crippen LogP contribution in [0.1, 0.15) is 46.9 Å². The number of aromatic nitrogens is 1. The number of carbonyl (C=O) groups is 2. The van der Waals surface area contributed by atoms with E-state index in [1.54, 1.807) is 0 Å². The van der Waals surface area contributed by atoms with Crippen molar-refractivity contribution >= 4 is 11.9 Å². The van der Waals surface area contributed by atoms with Crippen LogP contribution in [-0.2, 0) is 16.0 Å². The van der Waals surface area contributed by atoms with Crippen LogP contribution in [0.4, 0.5) is 0 Å². The van der Waals surface area contributed by atoms with Crippen molar-refractivity contribution in [2.45, 2.75) is 45.3 Å². The summed E-state index contributed by atoms with van der Waals surface area (Å²) in [5.41, 5.74) is 3.16. The lowest BCUT2D eigenvalue weighted by atomic mass is 9.87. The molecule has 1 heterocycles. The van der Waals surface area contributed by atoms with Crippen molar-refractivity contribution in [3.8, 4) is 11.5 Å². The van der Waals surface area contributed by atoms with Gasteiger partial charge in [-0.15, -0.1) is 0 Å². The maximum atomic E-state index is 12.8. The summed E-state index contributed by atoms with van der Waals surface area (Å²) in [5, 5.41) is 12.7. The number of hydrogen-bond acceptors (Lipinski definition) is 6. The number of benzene rings is 2. The predicted molar refractivity (Wildman–Crippen MR) is 129 cm³/mol. The Morgan fingerprint density at radius 2 is 1.71 bits per heavy atom. The van der Waals surface area contributed by atoms with Gasteiger partial charge in [0, 0.05) is 18.2 Å². The fourth-order valence-electron chi connectivity index (χ4n) is 3.69. The molecule has 0 aliphatic carbocycles. The third-order valence-electron chi connectivity index (χ3n) is 5.70. The molecule has 0 saturated heterocycles. The average Bonchev–Trinajstić information content (AvgIpc) is 2.84. The summed E-state index contributed by atoms with van der Waals surface area (Å²) in [6.07, 6.45) is 1.59. The summed E-state index contributed by atoms with van der Waals surface area (Å²) in [6, 6.07) is 18.7. The lowest BCUT2D eigenvalue weighted by molar-refractivity contribution is -0.151. The summed E-state index contributed by atoms with van der Waals surface area (Å²) in [7, 11) is 1.37. The number of amides is 1. The van der Waals surface area contributed by atoms with Gasteiger partial charge in [0.25, 0.3) is 5.91 Å². The molecule has 34 heavy (non-hydrogen) atoms. The Bertz CT molecular complexity index is 1120. The summed E-state index contributed by atoms with van der Waals surface area (Å²) in [6.45, 7) is 5.43. The molecule has 178 valence electrons. The molecule has 0 saturated carbocycles. The van der Waals surface area contributed by atoms with E-state index in [2.05, 4.69) is 34.6 Å². The van der Waals surface area contributed by atoms with Crippen molar-refractivity contribution in [1.82, 2.24) is 10.3 Å². The van der Waals surface area contributed by atoms with Gasteiger partial charge in [-0.2, -0.15) is 0 Å². The van der Waals surface area contributed by atoms with Gasteiger partial charge in [-0.05, 0) is 38.3 Å². The third-order valence-corrected chi connectivity index (χ3v) is 5.70. The molecule has 7 nitrogen and oxygen atoms in total. The lowest BCUT2D eigenvalue weighted by Gasteiger charge is -2.26. The first kappa shape index (κ1) is 24.8. The molecule has 2 aromatic carbocycles. The molecule has 3 rings (SSSR count). The quantitative estimate of drug-likeness (QED) is 0.463. The van der Waals surface area contributed by atoms with E-state index in [1.165, 1.54) is 31.9 Å². The maximum Gasteiger partial charge on any atom is 0.328 e. The highest BCUT2D eigenvalue weighted by Gasteiger charge is 2.27. The van der Waals surface area contributed by atoms with Crippen molar-refractivity contribution in [3.05, 3.63) is 89.2 Å². The van der Waals surface area contributed by atoms with Gasteiger partial charge in [0.15, 0.2) is 17.2 Å². The number of aryl methyl sites for hydroxylation is 1. The van der Waals surface area contributed by atoms with Crippen molar-refractivity contribution in [3.63, 3.8) is 0 Å². The van der Waals surface area contributed by atoms with E-state index in [9.17, 15) is 14.7 Å². The normalized spacial score (nSPS) is 13.4. The highest BCUT2D eigenvalue weighted by Crippen LogP contribution is 2.28. The zero-order chi connectivity index (χ0) is 24.7. The van der Waals surface area contributed by atoms with Gasteiger partial charge in [-0.25, -0.2) is 9.78 Å². The second kappa shape index (κ2) is 11.3. The van der Waals surface area contributed by atoms with E-state index in [0.717, 1.165) is 11.1 Å². The number of nitrogens with one attached hydrogen (secondary N) is 1. The molecule has 3 aromatic rings. The van der Waals surface area contributed by atoms with Crippen molar-refractivity contribution in [1.29, 1.82) is 0 Å². The standard InChI is InChI=1S/C27H30N2O5/c1-17-10-12-20(13-11-17)16-22(21-8-6-5-7-9-21)19(3)34-27(32)18(2)29-26(31)24-25(30)23(33-4)14-15-28-24/h5-15,18-19,22,30H,16H2,1-4H3,(H,29,31)/t18-,19-,22-/m0/s1. The number of nitrogens with zero attached hydrogens (tertiary/aromatic N) is 1. The van der Waals surface area contributed by atoms with Crippen LogP contribution in [-0.4, -0.2) is 41.2 Å². The van der Waals surface area contributed by atoms with Crippen molar-refractivity contribution in [2.75, 3.05) is 7.11 Å². The van der Waals surface area contributed by atoms with Crippen LogP contribution in [0.3, 0.4) is 0 Å². The second-order valence-corrected chi connectivity index (χ2v) is 8.25. The number of pyridine rings is 1. The first-order valence-electron chi connectivity index (χ1n) is 11.1. The van der Waals surface area contributed by atoms with Crippen LogP contribution in [0.15, 0.2) is 66.9 Å². The molecule has 3 atom stereocenters.